The highest BCUT2D eigenvalue weighted by Gasteiger charge is 2.16. The number of nitrogen functional groups attached to an aromatic ring is 1. The molecule has 3 N–H and O–H groups in total. The van der Waals surface area contributed by atoms with Gasteiger partial charge in [0.05, 0.1) is 31.7 Å². The number of rotatable bonds is 10. The number of benzene rings is 2. The molecule has 0 spiro atoms. The highest BCUT2D eigenvalue weighted by molar-refractivity contribution is 5.89. The van der Waals surface area contributed by atoms with Gasteiger partial charge in [0, 0.05) is 12.5 Å². The number of aromatic nitrogens is 4. The van der Waals surface area contributed by atoms with E-state index >= 15 is 0 Å². The number of nitrogens with two attached hydrogens (primary N) is 1. The Morgan fingerprint density at radius 3 is 2.58 bits per heavy atom. The van der Waals surface area contributed by atoms with Crippen molar-refractivity contribution in [3.8, 4) is 0 Å². The standard InChI is InChI=1S/C24H25N5O4/c25-24-27-21-20(22(30)28-24)26-16-29(21)13-18(15-32-14-17-7-3-1-4-8-17)11-12-33-23(31)19-9-5-2-6-10-19/h1-10,16,18H,11-15H2,(H3,25,27,28,30)/t18-/m1/s1. The number of carbonyl (C=O) groups is 1. The van der Waals surface area contributed by atoms with Gasteiger partial charge in [0.2, 0.25) is 5.95 Å². The zero-order valence-corrected chi connectivity index (χ0v) is 18.0. The molecule has 0 saturated heterocycles. The molecular formula is C24H25N5O4. The quantitative estimate of drug-likeness (QED) is 0.358. The third-order valence-electron chi connectivity index (χ3n) is 5.18. The SMILES string of the molecule is Nc1nc2c(ncn2C[C@@H](CCOC(=O)c2ccccc2)COCc2ccccc2)c(=O)[nH]1. The average Bonchev–Trinajstić information content (AvgIpc) is 3.23. The Morgan fingerprint density at radius 1 is 1.09 bits per heavy atom. The summed E-state index contributed by atoms with van der Waals surface area (Å²) in [4.78, 5) is 35.2. The Labute approximate surface area is 190 Å². The summed E-state index contributed by atoms with van der Waals surface area (Å²) in [5, 5.41) is 0. The summed E-state index contributed by atoms with van der Waals surface area (Å²) in [5.41, 5.74) is 7.53. The first-order chi connectivity index (χ1) is 16.1. The van der Waals surface area contributed by atoms with E-state index < -0.39 is 0 Å². The Hall–Kier alpha value is -3.98. The van der Waals surface area contributed by atoms with Gasteiger partial charge in [0.1, 0.15) is 0 Å². The van der Waals surface area contributed by atoms with Crippen molar-refractivity contribution < 1.29 is 14.3 Å². The van der Waals surface area contributed by atoms with Crippen LogP contribution in [0.2, 0.25) is 0 Å². The molecule has 0 unspecified atom stereocenters. The van der Waals surface area contributed by atoms with E-state index in [0.717, 1.165) is 5.56 Å². The summed E-state index contributed by atoms with van der Waals surface area (Å²) in [6.45, 7) is 1.60. The molecule has 33 heavy (non-hydrogen) atoms. The maximum Gasteiger partial charge on any atom is 0.338 e. The average molecular weight is 447 g/mol. The zero-order valence-electron chi connectivity index (χ0n) is 18.0. The maximum atomic E-state index is 12.3. The monoisotopic (exact) mass is 447 g/mol. The Morgan fingerprint density at radius 2 is 1.82 bits per heavy atom. The third-order valence-corrected chi connectivity index (χ3v) is 5.18. The smallest absolute Gasteiger partial charge is 0.338 e. The van der Waals surface area contributed by atoms with Gasteiger partial charge < -0.3 is 19.8 Å². The number of H-pyrrole nitrogens is 1. The van der Waals surface area contributed by atoms with Gasteiger partial charge >= 0.3 is 5.97 Å². The number of imidazole rings is 1. The van der Waals surface area contributed by atoms with Crippen LogP contribution in [0.25, 0.3) is 11.2 Å². The summed E-state index contributed by atoms with van der Waals surface area (Å²) in [6.07, 6.45) is 2.12. The summed E-state index contributed by atoms with van der Waals surface area (Å²) < 4.78 is 13.2. The number of fused-ring (bicyclic) bond motifs is 1. The lowest BCUT2D eigenvalue weighted by atomic mass is 10.1. The molecule has 9 heteroatoms. The van der Waals surface area contributed by atoms with Gasteiger partial charge in [-0.25, -0.2) is 9.78 Å². The molecule has 0 saturated carbocycles. The molecule has 4 aromatic rings. The Balaban J connectivity index is 1.42. The van der Waals surface area contributed by atoms with Gasteiger partial charge in [-0.2, -0.15) is 4.98 Å². The van der Waals surface area contributed by atoms with E-state index in [0.29, 0.717) is 37.4 Å². The molecule has 2 heterocycles. The number of ether oxygens (including phenoxy) is 2. The second-order valence-corrected chi connectivity index (χ2v) is 7.68. The second kappa shape index (κ2) is 10.6. The molecule has 0 amide bonds. The van der Waals surface area contributed by atoms with Crippen molar-refractivity contribution in [1.82, 2.24) is 19.5 Å². The van der Waals surface area contributed by atoms with Crippen LogP contribution in [-0.4, -0.2) is 38.7 Å². The minimum absolute atomic E-state index is 0.0167. The molecule has 170 valence electrons. The van der Waals surface area contributed by atoms with Crippen LogP contribution in [0, 0.1) is 5.92 Å². The van der Waals surface area contributed by atoms with Crippen molar-refractivity contribution >= 4 is 23.1 Å². The number of esters is 1. The first kappa shape index (κ1) is 22.2. The van der Waals surface area contributed by atoms with Crippen LogP contribution < -0.4 is 11.3 Å². The van der Waals surface area contributed by atoms with Gasteiger partial charge in [-0.15, -0.1) is 0 Å². The molecule has 2 aromatic heterocycles. The van der Waals surface area contributed by atoms with Crippen molar-refractivity contribution in [2.24, 2.45) is 5.92 Å². The molecule has 0 radical (unpaired) electrons. The lowest BCUT2D eigenvalue weighted by Crippen LogP contribution is -2.20. The van der Waals surface area contributed by atoms with E-state index in [1.807, 2.05) is 36.4 Å². The van der Waals surface area contributed by atoms with Crippen LogP contribution in [0.4, 0.5) is 5.95 Å². The predicted octanol–water partition coefficient (Wildman–Crippen LogP) is 2.78. The fourth-order valence-electron chi connectivity index (χ4n) is 3.50. The molecule has 0 aliphatic carbocycles. The van der Waals surface area contributed by atoms with Gasteiger partial charge in [-0.3, -0.25) is 9.78 Å². The van der Waals surface area contributed by atoms with Crippen LogP contribution in [0.3, 0.4) is 0 Å². The topological polar surface area (TPSA) is 125 Å². The van der Waals surface area contributed by atoms with Crippen molar-refractivity contribution in [1.29, 1.82) is 0 Å². The van der Waals surface area contributed by atoms with E-state index in [1.54, 1.807) is 35.2 Å². The van der Waals surface area contributed by atoms with Crippen molar-refractivity contribution in [2.45, 2.75) is 19.6 Å². The summed E-state index contributed by atoms with van der Waals surface area (Å²) in [6, 6.07) is 18.7. The number of hydrogen-bond donors (Lipinski definition) is 2. The summed E-state index contributed by atoms with van der Waals surface area (Å²) >= 11 is 0. The second-order valence-electron chi connectivity index (χ2n) is 7.68. The normalized spacial score (nSPS) is 12.0. The van der Waals surface area contributed by atoms with Crippen molar-refractivity contribution in [3.05, 3.63) is 88.5 Å². The highest BCUT2D eigenvalue weighted by Crippen LogP contribution is 2.15. The van der Waals surface area contributed by atoms with Gasteiger partial charge in [0.25, 0.3) is 5.56 Å². The van der Waals surface area contributed by atoms with E-state index in [9.17, 15) is 9.59 Å². The lowest BCUT2D eigenvalue weighted by Gasteiger charge is -2.18. The van der Waals surface area contributed by atoms with Gasteiger partial charge in [0.15, 0.2) is 11.2 Å². The Bertz CT molecular complexity index is 1250. The highest BCUT2D eigenvalue weighted by atomic mass is 16.5. The first-order valence-corrected chi connectivity index (χ1v) is 10.6. The maximum absolute atomic E-state index is 12.3. The minimum atomic E-state index is -0.384. The molecule has 1 atom stereocenters. The number of nitrogens with zero attached hydrogens (tertiary/aromatic N) is 3. The van der Waals surface area contributed by atoms with E-state index in [2.05, 4.69) is 15.0 Å². The van der Waals surface area contributed by atoms with Crippen LogP contribution in [-0.2, 0) is 22.6 Å². The molecule has 0 bridgehead atoms. The van der Waals surface area contributed by atoms with Crippen LogP contribution >= 0.6 is 0 Å². The van der Waals surface area contributed by atoms with Crippen LogP contribution in [0.15, 0.2) is 71.8 Å². The minimum Gasteiger partial charge on any atom is -0.462 e. The van der Waals surface area contributed by atoms with E-state index in [-0.39, 0.29) is 35.5 Å². The fourth-order valence-corrected chi connectivity index (χ4v) is 3.50. The fraction of sp³-hybridized carbons (Fsp3) is 0.250. The number of nitrogens with one attached hydrogen (secondary N) is 1. The number of carbonyl (C=O) groups excluding carboxylic acids is 1. The lowest BCUT2D eigenvalue weighted by molar-refractivity contribution is 0.0396. The Kier molecular flexibility index (Phi) is 7.11. The van der Waals surface area contributed by atoms with Crippen LogP contribution in [0.1, 0.15) is 22.3 Å². The van der Waals surface area contributed by atoms with Gasteiger partial charge in [-0.1, -0.05) is 48.5 Å². The third kappa shape index (κ3) is 5.83. The summed E-state index contributed by atoms with van der Waals surface area (Å²) in [7, 11) is 0. The molecular weight excluding hydrogens is 422 g/mol. The van der Waals surface area contributed by atoms with Gasteiger partial charge in [-0.05, 0) is 24.1 Å². The number of anilines is 1. The van der Waals surface area contributed by atoms with Crippen molar-refractivity contribution in [2.75, 3.05) is 18.9 Å². The van der Waals surface area contributed by atoms with E-state index in [4.69, 9.17) is 15.2 Å². The number of aromatic amines is 1. The predicted molar refractivity (Wildman–Crippen MR) is 123 cm³/mol. The first-order valence-electron chi connectivity index (χ1n) is 10.6. The number of hydrogen-bond acceptors (Lipinski definition) is 7. The van der Waals surface area contributed by atoms with Crippen molar-refractivity contribution in [3.63, 3.8) is 0 Å². The molecule has 0 aliphatic rings. The molecule has 0 aliphatic heterocycles. The molecule has 9 nitrogen and oxygen atoms in total. The summed E-state index contributed by atoms with van der Waals surface area (Å²) in [5.74, 6) is -0.353. The molecule has 4 rings (SSSR count). The molecule has 0 fully saturated rings. The molecule has 2 aromatic carbocycles. The van der Waals surface area contributed by atoms with Crippen LogP contribution in [0.5, 0.6) is 0 Å². The van der Waals surface area contributed by atoms with E-state index in [1.165, 1.54) is 0 Å². The largest absolute Gasteiger partial charge is 0.462 e. The zero-order chi connectivity index (χ0) is 23.0.